The third-order valence-corrected chi connectivity index (χ3v) is 4.49. The smallest absolute Gasteiger partial charge is 0.224 e. The fourth-order valence-corrected chi connectivity index (χ4v) is 3.21. The first-order valence-corrected chi connectivity index (χ1v) is 8.55. The highest BCUT2D eigenvalue weighted by Crippen LogP contribution is 2.26. The van der Waals surface area contributed by atoms with Crippen LogP contribution in [-0.4, -0.2) is 30.5 Å². The van der Waals surface area contributed by atoms with Crippen molar-refractivity contribution in [3.05, 3.63) is 35.9 Å². The van der Waals surface area contributed by atoms with Crippen molar-refractivity contribution in [3.63, 3.8) is 0 Å². The first-order chi connectivity index (χ1) is 11.7. The molecule has 24 heavy (non-hydrogen) atoms. The molecule has 124 valence electrons. The Morgan fingerprint density at radius 3 is 3.08 bits per heavy atom. The van der Waals surface area contributed by atoms with Crippen LogP contribution in [0.15, 0.2) is 30.3 Å². The van der Waals surface area contributed by atoms with Crippen molar-refractivity contribution >= 4 is 22.6 Å². The van der Waals surface area contributed by atoms with Crippen LogP contribution in [0.4, 0.5) is 5.82 Å². The van der Waals surface area contributed by atoms with Gasteiger partial charge in [-0.25, -0.2) is 4.98 Å². The van der Waals surface area contributed by atoms with E-state index in [1.807, 2.05) is 30.3 Å². The van der Waals surface area contributed by atoms with Gasteiger partial charge in [0.15, 0.2) is 0 Å². The summed E-state index contributed by atoms with van der Waals surface area (Å²) in [4.78, 5) is 19.1. The molecule has 5 nitrogen and oxygen atoms in total. The van der Waals surface area contributed by atoms with Gasteiger partial charge in [-0.05, 0) is 31.4 Å². The lowest BCUT2D eigenvalue weighted by molar-refractivity contribution is -0.125. The van der Waals surface area contributed by atoms with Crippen molar-refractivity contribution in [1.82, 2.24) is 10.3 Å². The monoisotopic (exact) mass is 322 g/mol. The maximum Gasteiger partial charge on any atom is 0.224 e. The number of fused-ring (bicyclic) bond motifs is 1. The number of benzene rings is 1. The van der Waals surface area contributed by atoms with Crippen molar-refractivity contribution < 1.29 is 4.79 Å². The molecule has 0 radical (unpaired) electrons. The molecule has 0 aliphatic carbocycles. The molecule has 1 aromatic carbocycles. The van der Waals surface area contributed by atoms with Gasteiger partial charge in [0.1, 0.15) is 5.82 Å². The standard InChI is InChI=1S/C19H22N4O/c1-2-9-21-19(24)14-6-5-10-23(13-14)18-11-15(12-20)16-7-3-4-8-17(16)22-18/h3-4,7-8,11,14H,2,5-6,9-10,13H2,1H3,(H,21,24). The summed E-state index contributed by atoms with van der Waals surface area (Å²) in [6, 6.07) is 11.8. The number of nitrogens with one attached hydrogen (secondary N) is 1. The number of para-hydroxylation sites is 1. The van der Waals surface area contributed by atoms with Gasteiger partial charge in [-0.15, -0.1) is 0 Å². The van der Waals surface area contributed by atoms with Gasteiger partial charge in [0.25, 0.3) is 0 Å². The molecule has 1 aliphatic rings. The lowest BCUT2D eigenvalue weighted by Gasteiger charge is -2.33. The maximum atomic E-state index is 12.3. The predicted molar refractivity (Wildman–Crippen MR) is 94.7 cm³/mol. The highest BCUT2D eigenvalue weighted by molar-refractivity contribution is 5.86. The van der Waals surface area contributed by atoms with E-state index in [4.69, 9.17) is 4.98 Å². The normalized spacial score (nSPS) is 17.5. The van der Waals surface area contributed by atoms with Gasteiger partial charge in [-0.2, -0.15) is 5.26 Å². The van der Waals surface area contributed by atoms with Crippen LogP contribution in [0.5, 0.6) is 0 Å². The number of amides is 1. The second kappa shape index (κ2) is 7.31. The van der Waals surface area contributed by atoms with E-state index in [2.05, 4.69) is 23.2 Å². The number of nitrogens with zero attached hydrogens (tertiary/aromatic N) is 3. The maximum absolute atomic E-state index is 12.3. The molecule has 1 saturated heterocycles. The Bertz CT molecular complexity index is 781. The summed E-state index contributed by atoms with van der Waals surface area (Å²) in [6.07, 6.45) is 2.81. The molecule has 1 atom stereocenters. The third-order valence-electron chi connectivity index (χ3n) is 4.49. The summed E-state index contributed by atoms with van der Waals surface area (Å²) in [6.45, 7) is 4.30. The molecular weight excluding hydrogens is 300 g/mol. The number of anilines is 1. The number of piperidine rings is 1. The molecule has 2 aromatic rings. The Morgan fingerprint density at radius 1 is 1.46 bits per heavy atom. The minimum atomic E-state index is -0.0101. The minimum Gasteiger partial charge on any atom is -0.356 e. The summed E-state index contributed by atoms with van der Waals surface area (Å²) >= 11 is 0. The third kappa shape index (κ3) is 3.33. The average Bonchev–Trinajstić information content (AvgIpc) is 2.65. The van der Waals surface area contributed by atoms with Crippen LogP contribution in [0.25, 0.3) is 10.9 Å². The Morgan fingerprint density at radius 2 is 2.29 bits per heavy atom. The van der Waals surface area contributed by atoms with Crippen molar-refractivity contribution in [3.8, 4) is 6.07 Å². The minimum absolute atomic E-state index is 0.0101. The highest BCUT2D eigenvalue weighted by Gasteiger charge is 2.26. The molecule has 1 unspecified atom stereocenters. The van der Waals surface area contributed by atoms with Gasteiger partial charge in [0.2, 0.25) is 5.91 Å². The fourth-order valence-electron chi connectivity index (χ4n) is 3.21. The zero-order valence-corrected chi connectivity index (χ0v) is 14.0. The molecular formula is C19H22N4O. The number of carbonyl (C=O) groups is 1. The van der Waals surface area contributed by atoms with Crippen LogP contribution in [-0.2, 0) is 4.79 Å². The molecule has 1 amide bonds. The second-order valence-corrected chi connectivity index (χ2v) is 6.23. The molecule has 3 rings (SSSR count). The Hall–Kier alpha value is -2.61. The van der Waals surface area contributed by atoms with E-state index in [1.165, 1.54) is 0 Å². The van der Waals surface area contributed by atoms with E-state index in [0.717, 1.165) is 49.1 Å². The number of pyridine rings is 1. The van der Waals surface area contributed by atoms with E-state index in [-0.39, 0.29) is 11.8 Å². The Kier molecular flexibility index (Phi) is 4.95. The second-order valence-electron chi connectivity index (χ2n) is 6.23. The molecule has 0 saturated carbocycles. The quantitative estimate of drug-likeness (QED) is 0.940. The van der Waals surface area contributed by atoms with Crippen LogP contribution in [0.1, 0.15) is 31.7 Å². The first-order valence-electron chi connectivity index (χ1n) is 8.55. The van der Waals surface area contributed by atoms with Gasteiger partial charge < -0.3 is 10.2 Å². The SMILES string of the molecule is CCCNC(=O)C1CCCN(c2cc(C#N)c3ccccc3n2)C1. The number of rotatable bonds is 4. The van der Waals surface area contributed by atoms with Gasteiger partial charge in [0.05, 0.1) is 23.1 Å². The van der Waals surface area contributed by atoms with E-state index >= 15 is 0 Å². The molecule has 1 N–H and O–H groups in total. The van der Waals surface area contributed by atoms with Crippen LogP contribution in [0.2, 0.25) is 0 Å². The lowest BCUT2D eigenvalue weighted by Crippen LogP contribution is -2.43. The Labute approximate surface area is 142 Å². The molecule has 2 heterocycles. The van der Waals surface area contributed by atoms with Crippen LogP contribution in [0, 0.1) is 17.2 Å². The van der Waals surface area contributed by atoms with Crippen LogP contribution in [0.3, 0.4) is 0 Å². The van der Waals surface area contributed by atoms with Gasteiger partial charge in [0, 0.05) is 25.0 Å². The van der Waals surface area contributed by atoms with E-state index < -0.39 is 0 Å². The van der Waals surface area contributed by atoms with E-state index in [0.29, 0.717) is 12.1 Å². The number of hydrogen-bond acceptors (Lipinski definition) is 4. The molecule has 1 fully saturated rings. The van der Waals surface area contributed by atoms with Gasteiger partial charge in [-0.1, -0.05) is 25.1 Å². The molecule has 1 aliphatic heterocycles. The van der Waals surface area contributed by atoms with Gasteiger partial charge >= 0.3 is 0 Å². The molecule has 0 bridgehead atoms. The summed E-state index contributed by atoms with van der Waals surface area (Å²) < 4.78 is 0. The van der Waals surface area contributed by atoms with Gasteiger partial charge in [-0.3, -0.25) is 4.79 Å². The number of nitriles is 1. The summed E-state index contributed by atoms with van der Waals surface area (Å²) in [5.74, 6) is 0.908. The zero-order chi connectivity index (χ0) is 16.9. The molecule has 1 aromatic heterocycles. The molecule has 0 spiro atoms. The van der Waals surface area contributed by atoms with Crippen molar-refractivity contribution in [1.29, 1.82) is 5.26 Å². The first kappa shape index (κ1) is 16.3. The predicted octanol–water partition coefficient (Wildman–Crippen LogP) is 2.85. The summed E-state index contributed by atoms with van der Waals surface area (Å²) in [5.41, 5.74) is 1.46. The average molecular weight is 322 g/mol. The topological polar surface area (TPSA) is 69.0 Å². The van der Waals surface area contributed by atoms with Crippen LogP contribution < -0.4 is 10.2 Å². The summed E-state index contributed by atoms with van der Waals surface area (Å²) in [7, 11) is 0. The largest absolute Gasteiger partial charge is 0.356 e. The number of hydrogen-bond donors (Lipinski definition) is 1. The highest BCUT2D eigenvalue weighted by atomic mass is 16.1. The van der Waals surface area contributed by atoms with E-state index in [1.54, 1.807) is 0 Å². The van der Waals surface area contributed by atoms with Crippen molar-refractivity contribution in [2.45, 2.75) is 26.2 Å². The molecule has 5 heteroatoms. The van der Waals surface area contributed by atoms with Crippen LogP contribution >= 0.6 is 0 Å². The fraction of sp³-hybridized carbons (Fsp3) is 0.421. The zero-order valence-electron chi connectivity index (χ0n) is 14.0. The van der Waals surface area contributed by atoms with E-state index in [9.17, 15) is 10.1 Å². The van der Waals surface area contributed by atoms with Crippen molar-refractivity contribution in [2.75, 3.05) is 24.5 Å². The lowest BCUT2D eigenvalue weighted by atomic mass is 9.97. The number of aromatic nitrogens is 1. The summed E-state index contributed by atoms with van der Waals surface area (Å²) in [5, 5.41) is 13.3. The Balaban J connectivity index is 1.84. The van der Waals surface area contributed by atoms with Crippen molar-refractivity contribution in [2.24, 2.45) is 5.92 Å². The number of carbonyl (C=O) groups excluding carboxylic acids is 1.